The van der Waals surface area contributed by atoms with E-state index in [1.807, 2.05) is 0 Å². The Bertz CT molecular complexity index is 410. The highest BCUT2D eigenvalue weighted by Gasteiger charge is 2.44. The van der Waals surface area contributed by atoms with E-state index in [0.717, 1.165) is 25.2 Å². The molecule has 1 fully saturated rings. The minimum atomic E-state index is -0.195. The fraction of sp³-hybridized carbons (Fsp3) is 0.538. The molecule has 3 rings (SSSR count). The molecule has 2 heterocycles. The summed E-state index contributed by atoms with van der Waals surface area (Å²) < 4.78 is 11.6. The normalized spacial score (nSPS) is 31.8. The summed E-state index contributed by atoms with van der Waals surface area (Å²) in [7, 11) is 0. The molecule has 3 nitrogen and oxygen atoms in total. The Morgan fingerprint density at radius 2 is 2.31 bits per heavy atom. The topological polar surface area (TPSA) is 44.5 Å². The fourth-order valence-corrected chi connectivity index (χ4v) is 2.73. The zero-order valence-corrected chi connectivity index (χ0v) is 9.53. The maximum Gasteiger partial charge on any atom is 0.128 e. The molecule has 16 heavy (non-hydrogen) atoms. The van der Waals surface area contributed by atoms with Gasteiger partial charge in [-0.25, -0.2) is 0 Å². The van der Waals surface area contributed by atoms with E-state index in [1.54, 1.807) is 0 Å². The highest BCUT2D eigenvalue weighted by atomic mass is 16.5. The van der Waals surface area contributed by atoms with Gasteiger partial charge in [0.15, 0.2) is 0 Å². The van der Waals surface area contributed by atoms with Crippen LogP contribution in [0, 0.1) is 0 Å². The SMILES string of the molecule is CC1(c2cccc3c2OCC3)CC(CN)O1. The van der Waals surface area contributed by atoms with Gasteiger partial charge in [-0.3, -0.25) is 0 Å². The number of para-hydroxylation sites is 1. The number of fused-ring (bicyclic) bond motifs is 1. The number of ether oxygens (including phenoxy) is 2. The lowest BCUT2D eigenvalue weighted by molar-refractivity contribution is -0.198. The van der Waals surface area contributed by atoms with Crippen molar-refractivity contribution in [2.24, 2.45) is 5.73 Å². The number of hydrogen-bond donors (Lipinski definition) is 1. The molecule has 2 aliphatic heterocycles. The monoisotopic (exact) mass is 219 g/mol. The Labute approximate surface area is 95.5 Å². The van der Waals surface area contributed by atoms with Gasteiger partial charge in [-0.15, -0.1) is 0 Å². The Morgan fingerprint density at radius 1 is 1.50 bits per heavy atom. The van der Waals surface area contributed by atoms with Crippen LogP contribution in [-0.2, 0) is 16.8 Å². The molecule has 1 aromatic carbocycles. The summed E-state index contributed by atoms with van der Waals surface area (Å²) in [6, 6.07) is 6.33. The number of rotatable bonds is 2. The van der Waals surface area contributed by atoms with Gasteiger partial charge in [0.25, 0.3) is 0 Å². The predicted octanol–water partition coefficient (Wildman–Crippen LogP) is 1.58. The smallest absolute Gasteiger partial charge is 0.128 e. The van der Waals surface area contributed by atoms with Gasteiger partial charge in [0.1, 0.15) is 5.75 Å². The van der Waals surface area contributed by atoms with Crippen LogP contribution in [0.1, 0.15) is 24.5 Å². The van der Waals surface area contributed by atoms with Crippen molar-refractivity contribution in [3.63, 3.8) is 0 Å². The Hall–Kier alpha value is -1.06. The van der Waals surface area contributed by atoms with Crippen molar-refractivity contribution < 1.29 is 9.47 Å². The number of benzene rings is 1. The molecule has 2 N–H and O–H groups in total. The summed E-state index contributed by atoms with van der Waals surface area (Å²) in [5, 5.41) is 0. The molecule has 2 aliphatic rings. The summed E-state index contributed by atoms with van der Waals surface area (Å²) in [6.07, 6.45) is 2.21. The van der Waals surface area contributed by atoms with Gasteiger partial charge in [0, 0.05) is 24.9 Å². The van der Waals surface area contributed by atoms with Crippen LogP contribution in [0.5, 0.6) is 5.75 Å². The quantitative estimate of drug-likeness (QED) is 0.821. The van der Waals surface area contributed by atoms with Gasteiger partial charge in [0.2, 0.25) is 0 Å². The zero-order valence-electron chi connectivity index (χ0n) is 9.53. The third kappa shape index (κ3) is 1.35. The van der Waals surface area contributed by atoms with Crippen molar-refractivity contribution in [1.29, 1.82) is 0 Å². The second-order valence-corrected chi connectivity index (χ2v) is 4.80. The molecule has 0 spiro atoms. The first-order chi connectivity index (χ1) is 7.73. The molecule has 0 amide bonds. The van der Waals surface area contributed by atoms with Gasteiger partial charge in [-0.05, 0) is 12.5 Å². The number of nitrogens with two attached hydrogens (primary N) is 1. The second kappa shape index (κ2) is 3.47. The minimum Gasteiger partial charge on any atom is -0.493 e. The van der Waals surface area contributed by atoms with Crippen LogP contribution < -0.4 is 10.5 Å². The zero-order chi connectivity index (χ0) is 11.2. The molecule has 0 bridgehead atoms. The third-order valence-corrected chi connectivity index (χ3v) is 3.59. The van der Waals surface area contributed by atoms with Crippen LogP contribution in [-0.4, -0.2) is 19.3 Å². The Morgan fingerprint density at radius 3 is 3.06 bits per heavy atom. The van der Waals surface area contributed by atoms with E-state index >= 15 is 0 Å². The third-order valence-electron chi connectivity index (χ3n) is 3.59. The average molecular weight is 219 g/mol. The molecule has 86 valence electrons. The maximum atomic E-state index is 5.88. The highest BCUT2D eigenvalue weighted by Crippen LogP contribution is 2.46. The van der Waals surface area contributed by atoms with Gasteiger partial charge >= 0.3 is 0 Å². The summed E-state index contributed by atoms with van der Waals surface area (Å²) >= 11 is 0. The van der Waals surface area contributed by atoms with Crippen molar-refractivity contribution >= 4 is 0 Å². The Kier molecular flexibility index (Phi) is 2.19. The largest absolute Gasteiger partial charge is 0.493 e. The standard InChI is InChI=1S/C13H17NO2/c1-13(7-10(8-14)16-13)11-4-2-3-9-5-6-15-12(9)11/h2-4,10H,5-8,14H2,1H3. The summed E-state index contributed by atoms with van der Waals surface area (Å²) in [5.41, 5.74) is 7.89. The molecule has 1 aromatic rings. The van der Waals surface area contributed by atoms with Gasteiger partial charge in [-0.1, -0.05) is 18.2 Å². The lowest BCUT2D eigenvalue weighted by atomic mass is 9.83. The van der Waals surface area contributed by atoms with Crippen molar-refractivity contribution in [3.05, 3.63) is 29.3 Å². The van der Waals surface area contributed by atoms with Crippen LogP contribution in [0.25, 0.3) is 0 Å². The molecule has 0 radical (unpaired) electrons. The second-order valence-electron chi connectivity index (χ2n) is 4.80. The van der Waals surface area contributed by atoms with Crippen LogP contribution in [0.3, 0.4) is 0 Å². The summed E-state index contributed by atoms with van der Waals surface area (Å²) in [5.74, 6) is 1.04. The van der Waals surface area contributed by atoms with Crippen molar-refractivity contribution in [3.8, 4) is 5.75 Å². The molecule has 3 heteroatoms. The van der Waals surface area contributed by atoms with Crippen molar-refractivity contribution in [1.82, 2.24) is 0 Å². The molecular formula is C13H17NO2. The molecule has 0 saturated carbocycles. The van der Waals surface area contributed by atoms with E-state index in [1.165, 1.54) is 11.1 Å². The van der Waals surface area contributed by atoms with E-state index < -0.39 is 0 Å². The molecule has 1 saturated heterocycles. The molecular weight excluding hydrogens is 202 g/mol. The first kappa shape index (κ1) is 10.1. The lowest BCUT2D eigenvalue weighted by Gasteiger charge is -2.46. The fourth-order valence-electron chi connectivity index (χ4n) is 2.73. The van der Waals surface area contributed by atoms with Crippen LogP contribution in [0.2, 0.25) is 0 Å². The summed E-state index contributed by atoms with van der Waals surface area (Å²) in [4.78, 5) is 0. The van der Waals surface area contributed by atoms with Crippen LogP contribution in [0.15, 0.2) is 18.2 Å². The van der Waals surface area contributed by atoms with E-state index in [2.05, 4.69) is 25.1 Å². The maximum absolute atomic E-state index is 5.88. The van der Waals surface area contributed by atoms with E-state index in [-0.39, 0.29) is 11.7 Å². The van der Waals surface area contributed by atoms with Gasteiger partial charge in [0.05, 0.1) is 18.3 Å². The average Bonchev–Trinajstić information content (AvgIpc) is 2.72. The predicted molar refractivity (Wildman–Crippen MR) is 61.5 cm³/mol. The van der Waals surface area contributed by atoms with Crippen LogP contribution in [0.4, 0.5) is 0 Å². The molecule has 2 unspecified atom stereocenters. The van der Waals surface area contributed by atoms with Gasteiger partial charge < -0.3 is 15.2 Å². The molecule has 0 aliphatic carbocycles. The first-order valence-electron chi connectivity index (χ1n) is 5.86. The molecule has 2 atom stereocenters. The number of hydrogen-bond acceptors (Lipinski definition) is 3. The van der Waals surface area contributed by atoms with Gasteiger partial charge in [-0.2, -0.15) is 0 Å². The highest BCUT2D eigenvalue weighted by molar-refractivity contribution is 5.47. The van der Waals surface area contributed by atoms with E-state index in [0.29, 0.717) is 6.54 Å². The van der Waals surface area contributed by atoms with E-state index in [4.69, 9.17) is 15.2 Å². The minimum absolute atomic E-state index is 0.195. The Balaban J connectivity index is 1.93. The van der Waals surface area contributed by atoms with Crippen molar-refractivity contribution in [2.75, 3.05) is 13.2 Å². The summed E-state index contributed by atoms with van der Waals surface area (Å²) in [6.45, 7) is 3.52. The van der Waals surface area contributed by atoms with Crippen molar-refractivity contribution in [2.45, 2.75) is 31.5 Å². The first-order valence-corrected chi connectivity index (χ1v) is 5.86. The molecule has 0 aromatic heterocycles. The van der Waals surface area contributed by atoms with E-state index in [9.17, 15) is 0 Å². The lowest BCUT2D eigenvalue weighted by Crippen LogP contribution is -2.49. The van der Waals surface area contributed by atoms with Crippen LogP contribution >= 0.6 is 0 Å².